The number of carbonyl (C=O) groups is 1. The van der Waals surface area contributed by atoms with Crippen LogP contribution in [0.5, 0.6) is 0 Å². The maximum absolute atomic E-state index is 11.1. The van der Waals surface area contributed by atoms with Crippen molar-refractivity contribution >= 4 is 5.97 Å². The van der Waals surface area contributed by atoms with Gasteiger partial charge in [-0.15, -0.1) is 0 Å². The third-order valence-corrected chi connectivity index (χ3v) is 2.03. The van der Waals surface area contributed by atoms with Gasteiger partial charge in [0.2, 0.25) is 0 Å². The lowest BCUT2D eigenvalue weighted by Crippen LogP contribution is -2.15. The minimum atomic E-state index is -0.198. The summed E-state index contributed by atoms with van der Waals surface area (Å²) in [5, 5.41) is 8.53. The van der Waals surface area contributed by atoms with Crippen molar-refractivity contribution in [1.29, 1.82) is 5.26 Å². The highest BCUT2D eigenvalue weighted by Gasteiger charge is 2.17. The number of nitrogens with zero attached hydrogens (tertiary/aromatic N) is 1. The van der Waals surface area contributed by atoms with Gasteiger partial charge in [0.1, 0.15) is 0 Å². The van der Waals surface area contributed by atoms with Crippen LogP contribution in [0, 0.1) is 23.2 Å². The molecule has 0 aromatic carbocycles. The Balaban J connectivity index is 3.96. The summed E-state index contributed by atoms with van der Waals surface area (Å²) in [5.74, 6) is 0.282. The van der Waals surface area contributed by atoms with Gasteiger partial charge in [-0.05, 0) is 18.8 Å². The molecule has 0 saturated heterocycles. The maximum Gasteiger partial charge on any atom is 0.306 e. The fourth-order valence-electron chi connectivity index (χ4n) is 1.09. The number of nitriles is 1. The van der Waals surface area contributed by atoms with E-state index in [-0.39, 0.29) is 11.9 Å². The quantitative estimate of drug-likeness (QED) is 0.613. The van der Waals surface area contributed by atoms with Gasteiger partial charge in [-0.1, -0.05) is 13.8 Å². The van der Waals surface area contributed by atoms with Crippen LogP contribution >= 0.6 is 0 Å². The van der Waals surface area contributed by atoms with Crippen molar-refractivity contribution in [1.82, 2.24) is 0 Å². The number of hydrogen-bond donors (Lipinski definition) is 0. The van der Waals surface area contributed by atoms with Gasteiger partial charge in [-0.2, -0.15) is 5.26 Å². The number of ether oxygens (including phenoxy) is 1. The Hall–Kier alpha value is -1.04. The Morgan fingerprint density at radius 2 is 2.15 bits per heavy atom. The van der Waals surface area contributed by atoms with Crippen molar-refractivity contribution in [2.75, 3.05) is 6.61 Å². The molecule has 0 aliphatic rings. The molecule has 0 amide bonds. The molecule has 3 heteroatoms. The van der Waals surface area contributed by atoms with Crippen LogP contribution < -0.4 is 0 Å². The highest BCUT2D eigenvalue weighted by molar-refractivity contribution is 5.69. The predicted octanol–water partition coefficient (Wildman–Crippen LogP) is 2.13. The molecule has 0 aliphatic carbocycles. The molecule has 74 valence electrons. The number of hydrogen-bond acceptors (Lipinski definition) is 3. The summed E-state index contributed by atoms with van der Waals surface area (Å²) in [6.07, 6.45) is 0.787. The van der Waals surface area contributed by atoms with Gasteiger partial charge < -0.3 is 4.74 Å². The lowest BCUT2D eigenvalue weighted by atomic mass is 9.90. The highest BCUT2D eigenvalue weighted by Crippen LogP contribution is 2.19. The summed E-state index contributed by atoms with van der Waals surface area (Å²) >= 11 is 0. The number of rotatable bonds is 5. The molecule has 0 fully saturated rings. The van der Waals surface area contributed by atoms with E-state index in [1.54, 1.807) is 6.92 Å². The second kappa shape index (κ2) is 6.47. The van der Waals surface area contributed by atoms with Crippen molar-refractivity contribution in [3.8, 4) is 6.07 Å². The van der Waals surface area contributed by atoms with Crippen molar-refractivity contribution in [2.45, 2.75) is 33.6 Å². The van der Waals surface area contributed by atoms with Crippen LogP contribution in [0.3, 0.4) is 0 Å². The van der Waals surface area contributed by atoms with Crippen LogP contribution in [0.4, 0.5) is 0 Å². The summed E-state index contributed by atoms with van der Waals surface area (Å²) in [6, 6.07) is 2.09. The lowest BCUT2D eigenvalue weighted by molar-refractivity contribution is -0.144. The first-order chi connectivity index (χ1) is 6.11. The molecule has 0 N–H and O–H groups in total. The van der Waals surface area contributed by atoms with Crippen molar-refractivity contribution in [3.05, 3.63) is 0 Å². The van der Waals surface area contributed by atoms with Crippen molar-refractivity contribution in [3.63, 3.8) is 0 Å². The molecule has 3 nitrogen and oxygen atoms in total. The molecule has 13 heavy (non-hydrogen) atoms. The van der Waals surface area contributed by atoms with Gasteiger partial charge in [-0.25, -0.2) is 0 Å². The summed E-state index contributed by atoms with van der Waals surface area (Å²) in [6.45, 7) is 6.23. The average molecular weight is 183 g/mol. The fourth-order valence-corrected chi connectivity index (χ4v) is 1.09. The molecule has 0 heterocycles. The van der Waals surface area contributed by atoms with Gasteiger partial charge in [0.25, 0.3) is 0 Å². The minimum Gasteiger partial charge on any atom is -0.466 e. The molecular weight excluding hydrogens is 166 g/mol. The average Bonchev–Trinajstić information content (AvgIpc) is 2.04. The Morgan fingerprint density at radius 1 is 1.54 bits per heavy atom. The van der Waals surface area contributed by atoms with E-state index in [2.05, 4.69) is 6.07 Å². The largest absolute Gasteiger partial charge is 0.466 e. The lowest BCUT2D eigenvalue weighted by Gasteiger charge is -2.16. The van der Waals surface area contributed by atoms with E-state index in [0.29, 0.717) is 25.4 Å². The van der Waals surface area contributed by atoms with E-state index in [4.69, 9.17) is 10.00 Å². The van der Waals surface area contributed by atoms with Crippen LogP contribution in [0.2, 0.25) is 0 Å². The monoisotopic (exact) mass is 183 g/mol. The van der Waals surface area contributed by atoms with Crippen LogP contribution in [0.25, 0.3) is 0 Å². The molecule has 0 radical (unpaired) electrons. The summed E-state index contributed by atoms with van der Waals surface area (Å²) in [7, 11) is 0. The van der Waals surface area contributed by atoms with E-state index >= 15 is 0 Å². The van der Waals surface area contributed by atoms with Crippen LogP contribution in [-0.4, -0.2) is 12.6 Å². The Kier molecular flexibility index (Phi) is 5.96. The minimum absolute atomic E-state index is 0.129. The first-order valence-corrected chi connectivity index (χ1v) is 4.64. The van der Waals surface area contributed by atoms with Crippen LogP contribution in [0.1, 0.15) is 33.6 Å². The molecule has 1 atom stereocenters. The Bertz CT molecular complexity index is 194. The molecular formula is C10H17NO2. The molecule has 0 aromatic rings. The molecule has 0 aliphatic heterocycles. The van der Waals surface area contributed by atoms with Gasteiger partial charge in [0, 0.05) is 12.8 Å². The Morgan fingerprint density at radius 3 is 2.54 bits per heavy atom. The maximum atomic E-state index is 11.1. The second-order valence-electron chi connectivity index (χ2n) is 3.38. The second-order valence-corrected chi connectivity index (χ2v) is 3.38. The van der Waals surface area contributed by atoms with E-state index in [1.165, 1.54) is 0 Å². The zero-order valence-corrected chi connectivity index (χ0v) is 8.54. The molecule has 0 saturated carbocycles. The van der Waals surface area contributed by atoms with Crippen LogP contribution in [0.15, 0.2) is 0 Å². The predicted molar refractivity (Wildman–Crippen MR) is 49.8 cm³/mol. The summed E-state index contributed by atoms with van der Waals surface area (Å²) < 4.78 is 4.82. The zero-order chi connectivity index (χ0) is 10.3. The van der Waals surface area contributed by atoms with Crippen LogP contribution in [-0.2, 0) is 9.53 Å². The van der Waals surface area contributed by atoms with Crippen molar-refractivity contribution < 1.29 is 9.53 Å². The first-order valence-electron chi connectivity index (χ1n) is 4.64. The van der Waals surface area contributed by atoms with Gasteiger partial charge in [0.05, 0.1) is 12.7 Å². The third-order valence-electron chi connectivity index (χ3n) is 2.03. The SMILES string of the molecule is CCOC(=O)CC(CC#N)C(C)C. The zero-order valence-electron chi connectivity index (χ0n) is 8.54. The third kappa shape index (κ3) is 5.24. The van der Waals surface area contributed by atoms with Gasteiger partial charge in [0.15, 0.2) is 0 Å². The van der Waals surface area contributed by atoms with Crippen molar-refractivity contribution in [2.24, 2.45) is 11.8 Å². The molecule has 0 spiro atoms. The molecule has 1 unspecified atom stereocenters. The summed E-state index contributed by atoms with van der Waals surface area (Å²) in [4.78, 5) is 11.1. The first kappa shape index (κ1) is 12.0. The number of carbonyl (C=O) groups excluding carboxylic acids is 1. The highest BCUT2D eigenvalue weighted by atomic mass is 16.5. The summed E-state index contributed by atoms with van der Waals surface area (Å²) in [5.41, 5.74) is 0. The van der Waals surface area contributed by atoms with Gasteiger partial charge >= 0.3 is 5.97 Å². The molecule has 0 aromatic heterocycles. The smallest absolute Gasteiger partial charge is 0.306 e. The van der Waals surface area contributed by atoms with E-state index in [1.807, 2.05) is 13.8 Å². The molecule has 0 rings (SSSR count). The van der Waals surface area contributed by atoms with Gasteiger partial charge in [-0.3, -0.25) is 4.79 Å². The standard InChI is InChI=1S/C10H17NO2/c1-4-13-10(12)7-9(5-6-11)8(2)3/h8-9H,4-5,7H2,1-3H3. The number of esters is 1. The Labute approximate surface area is 79.7 Å². The normalized spacial score (nSPS) is 12.2. The van der Waals surface area contributed by atoms with E-state index < -0.39 is 0 Å². The fraction of sp³-hybridized carbons (Fsp3) is 0.800. The topological polar surface area (TPSA) is 50.1 Å². The van der Waals surface area contributed by atoms with E-state index in [0.717, 1.165) is 0 Å². The molecule has 0 bridgehead atoms. The van der Waals surface area contributed by atoms with E-state index in [9.17, 15) is 4.79 Å².